The molecule has 0 aliphatic carbocycles. The Bertz CT molecular complexity index is 528. The van der Waals surface area contributed by atoms with Crippen LogP contribution >= 0.6 is 47.0 Å². The molecule has 108 valence electrons. The SMILES string of the molecule is COC(=O)C1=C(C(=O)OC)SC(=C2SC(C)=C(C)S2)S1. The summed E-state index contributed by atoms with van der Waals surface area (Å²) in [6.07, 6.45) is 0. The molecule has 4 nitrogen and oxygen atoms in total. The Hall–Kier alpha value is -0.440. The highest BCUT2D eigenvalue weighted by Crippen LogP contribution is 2.59. The molecule has 0 atom stereocenters. The van der Waals surface area contributed by atoms with Crippen LogP contribution in [0.5, 0.6) is 0 Å². The number of hydrogen-bond acceptors (Lipinski definition) is 8. The fourth-order valence-electron chi connectivity index (χ4n) is 1.36. The Morgan fingerprint density at radius 3 is 1.45 bits per heavy atom. The first-order valence-corrected chi connectivity index (χ1v) is 8.78. The molecule has 0 saturated heterocycles. The number of thioether (sulfide) groups is 4. The van der Waals surface area contributed by atoms with Gasteiger partial charge in [-0.1, -0.05) is 47.0 Å². The maximum atomic E-state index is 11.8. The molecule has 0 radical (unpaired) electrons. The zero-order chi connectivity index (χ0) is 14.9. The molecule has 0 amide bonds. The van der Waals surface area contributed by atoms with Gasteiger partial charge in [0.15, 0.2) is 0 Å². The van der Waals surface area contributed by atoms with Crippen LogP contribution in [0.15, 0.2) is 28.1 Å². The van der Waals surface area contributed by atoms with E-state index in [0.29, 0.717) is 9.81 Å². The predicted octanol–water partition coefficient (Wildman–Crippen LogP) is 3.88. The van der Waals surface area contributed by atoms with E-state index in [2.05, 4.69) is 13.8 Å². The smallest absolute Gasteiger partial charge is 0.346 e. The zero-order valence-corrected chi connectivity index (χ0v) is 14.5. The van der Waals surface area contributed by atoms with E-state index in [1.165, 1.54) is 47.6 Å². The number of ether oxygens (including phenoxy) is 2. The summed E-state index contributed by atoms with van der Waals surface area (Å²) in [5.41, 5.74) is 0. The van der Waals surface area contributed by atoms with Gasteiger partial charge in [-0.05, 0) is 23.7 Å². The Morgan fingerprint density at radius 2 is 1.10 bits per heavy atom. The van der Waals surface area contributed by atoms with Crippen LogP contribution in [0.4, 0.5) is 0 Å². The van der Waals surface area contributed by atoms with Crippen molar-refractivity contribution in [2.45, 2.75) is 13.8 Å². The van der Waals surface area contributed by atoms with Crippen LogP contribution in [0.3, 0.4) is 0 Å². The zero-order valence-electron chi connectivity index (χ0n) is 11.3. The molecule has 2 heterocycles. The molecule has 2 aliphatic rings. The van der Waals surface area contributed by atoms with E-state index in [-0.39, 0.29) is 0 Å². The Labute approximate surface area is 134 Å². The van der Waals surface area contributed by atoms with Crippen molar-refractivity contribution in [3.05, 3.63) is 28.1 Å². The lowest BCUT2D eigenvalue weighted by Crippen LogP contribution is -2.08. The number of esters is 2. The van der Waals surface area contributed by atoms with Gasteiger partial charge < -0.3 is 9.47 Å². The van der Waals surface area contributed by atoms with Crippen LogP contribution in [0, 0.1) is 0 Å². The molecule has 2 aliphatic heterocycles. The van der Waals surface area contributed by atoms with Crippen molar-refractivity contribution in [2.24, 2.45) is 0 Å². The summed E-state index contributed by atoms with van der Waals surface area (Å²) in [4.78, 5) is 26.6. The van der Waals surface area contributed by atoms with Crippen molar-refractivity contribution in [2.75, 3.05) is 14.2 Å². The monoisotopic (exact) mass is 348 g/mol. The minimum Gasteiger partial charge on any atom is -0.465 e. The van der Waals surface area contributed by atoms with Crippen molar-refractivity contribution in [1.82, 2.24) is 0 Å². The molecule has 0 spiro atoms. The average Bonchev–Trinajstić information content (AvgIpc) is 3.02. The first kappa shape index (κ1) is 15.9. The van der Waals surface area contributed by atoms with Crippen molar-refractivity contribution in [3.8, 4) is 0 Å². The van der Waals surface area contributed by atoms with Crippen LogP contribution in [0.25, 0.3) is 0 Å². The standard InChI is InChI=1S/C12H12O4S4/c1-5-6(2)18-11(17-5)12-19-7(9(13)15-3)8(20-12)10(14)16-4/h1-4H3. The molecule has 0 fully saturated rings. The maximum absolute atomic E-state index is 11.8. The van der Waals surface area contributed by atoms with Crippen LogP contribution in [0.2, 0.25) is 0 Å². The summed E-state index contributed by atoms with van der Waals surface area (Å²) in [5, 5.41) is 0. The molecule has 2 rings (SSSR count). The number of carbonyl (C=O) groups excluding carboxylic acids is 2. The highest BCUT2D eigenvalue weighted by molar-refractivity contribution is 8.34. The van der Waals surface area contributed by atoms with Gasteiger partial charge in [0, 0.05) is 0 Å². The Balaban J connectivity index is 2.29. The summed E-state index contributed by atoms with van der Waals surface area (Å²) in [5.74, 6) is -1.01. The summed E-state index contributed by atoms with van der Waals surface area (Å²) in [6.45, 7) is 4.11. The van der Waals surface area contributed by atoms with Gasteiger partial charge in [0.05, 0.1) is 22.7 Å². The molecule has 0 saturated carbocycles. The number of methoxy groups -OCH3 is 2. The largest absolute Gasteiger partial charge is 0.465 e. The van der Waals surface area contributed by atoms with Gasteiger partial charge in [0.2, 0.25) is 0 Å². The molecule has 20 heavy (non-hydrogen) atoms. The quantitative estimate of drug-likeness (QED) is 0.697. The van der Waals surface area contributed by atoms with E-state index in [1.54, 1.807) is 23.5 Å². The number of hydrogen-bond donors (Lipinski definition) is 0. The minimum absolute atomic E-state index is 0.301. The van der Waals surface area contributed by atoms with E-state index in [0.717, 1.165) is 8.47 Å². The number of carbonyl (C=O) groups is 2. The Kier molecular flexibility index (Phi) is 5.22. The van der Waals surface area contributed by atoms with Crippen LogP contribution in [-0.2, 0) is 19.1 Å². The topological polar surface area (TPSA) is 52.6 Å². The van der Waals surface area contributed by atoms with Gasteiger partial charge >= 0.3 is 11.9 Å². The van der Waals surface area contributed by atoms with E-state index >= 15 is 0 Å². The molecule has 8 heteroatoms. The van der Waals surface area contributed by atoms with Gasteiger partial charge in [0.1, 0.15) is 9.81 Å². The van der Waals surface area contributed by atoms with Crippen molar-refractivity contribution >= 4 is 59.0 Å². The van der Waals surface area contributed by atoms with Crippen molar-refractivity contribution in [3.63, 3.8) is 0 Å². The summed E-state index contributed by atoms with van der Waals surface area (Å²) < 4.78 is 11.5. The van der Waals surface area contributed by atoms with Gasteiger partial charge in [0.25, 0.3) is 0 Å². The molecule has 0 N–H and O–H groups in total. The third kappa shape index (κ3) is 3.08. The first-order chi connectivity index (χ1) is 9.47. The highest BCUT2D eigenvalue weighted by atomic mass is 32.2. The van der Waals surface area contributed by atoms with Gasteiger partial charge in [-0.2, -0.15) is 0 Å². The lowest BCUT2D eigenvalue weighted by atomic mass is 10.5. The summed E-state index contributed by atoms with van der Waals surface area (Å²) in [6, 6.07) is 0. The normalized spacial score (nSPS) is 19.0. The molecular formula is C12H12O4S4. The van der Waals surface area contributed by atoms with Gasteiger partial charge in [-0.3, -0.25) is 0 Å². The molecular weight excluding hydrogens is 336 g/mol. The lowest BCUT2D eigenvalue weighted by Gasteiger charge is -2.01. The van der Waals surface area contributed by atoms with E-state index in [4.69, 9.17) is 9.47 Å². The average molecular weight is 348 g/mol. The third-order valence-electron chi connectivity index (χ3n) is 2.49. The van der Waals surface area contributed by atoms with Crippen LogP contribution in [0.1, 0.15) is 13.8 Å². The van der Waals surface area contributed by atoms with E-state index < -0.39 is 11.9 Å². The number of rotatable bonds is 2. The van der Waals surface area contributed by atoms with E-state index in [9.17, 15) is 9.59 Å². The van der Waals surface area contributed by atoms with Crippen LogP contribution < -0.4 is 0 Å². The fourth-order valence-corrected chi connectivity index (χ4v) is 6.68. The van der Waals surface area contributed by atoms with Gasteiger partial charge in [-0.15, -0.1) is 0 Å². The molecule has 0 aromatic rings. The fraction of sp³-hybridized carbons (Fsp3) is 0.333. The summed E-state index contributed by atoms with van der Waals surface area (Å²) in [7, 11) is 2.60. The Morgan fingerprint density at radius 1 is 0.750 bits per heavy atom. The minimum atomic E-state index is -0.507. The second-order valence-corrected chi connectivity index (χ2v) is 8.74. The predicted molar refractivity (Wildman–Crippen MR) is 86.8 cm³/mol. The number of allylic oxidation sites excluding steroid dienone is 2. The van der Waals surface area contributed by atoms with E-state index in [1.807, 2.05) is 0 Å². The highest BCUT2D eigenvalue weighted by Gasteiger charge is 2.35. The molecule has 0 bridgehead atoms. The molecule has 0 aromatic heterocycles. The second kappa shape index (κ2) is 6.55. The van der Waals surface area contributed by atoms with Crippen molar-refractivity contribution in [1.29, 1.82) is 0 Å². The first-order valence-electron chi connectivity index (χ1n) is 5.52. The molecule has 0 aromatic carbocycles. The summed E-state index contributed by atoms with van der Waals surface area (Å²) >= 11 is 5.88. The molecule has 0 unspecified atom stereocenters. The lowest BCUT2D eigenvalue weighted by molar-refractivity contribution is -0.138. The second-order valence-electron chi connectivity index (χ2n) is 3.74. The third-order valence-corrected chi connectivity index (χ3v) is 8.20. The maximum Gasteiger partial charge on any atom is 0.346 e. The van der Waals surface area contributed by atoms with Crippen LogP contribution in [-0.4, -0.2) is 26.2 Å². The van der Waals surface area contributed by atoms with Crippen molar-refractivity contribution < 1.29 is 19.1 Å². The van der Waals surface area contributed by atoms with Gasteiger partial charge in [-0.25, -0.2) is 9.59 Å².